The van der Waals surface area contributed by atoms with E-state index in [9.17, 15) is 9.59 Å². The second kappa shape index (κ2) is 12.4. The zero-order chi connectivity index (χ0) is 27.9. The number of carbonyl (C=O) groups is 2. The van der Waals surface area contributed by atoms with Gasteiger partial charge in [0.1, 0.15) is 11.5 Å². The summed E-state index contributed by atoms with van der Waals surface area (Å²) in [5, 5.41) is 3.06. The van der Waals surface area contributed by atoms with Crippen molar-refractivity contribution in [2.75, 3.05) is 40.4 Å². The smallest absolute Gasteiger partial charge is 0.227 e. The highest BCUT2D eigenvalue weighted by Crippen LogP contribution is 2.46. The maximum atomic E-state index is 13.7. The van der Waals surface area contributed by atoms with Crippen LogP contribution < -0.4 is 33.9 Å². The van der Waals surface area contributed by atoms with Gasteiger partial charge >= 0.3 is 0 Å². The summed E-state index contributed by atoms with van der Waals surface area (Å²) < 4.78 is 27.4. The van der Waals surface area contributed by atoms with Gasteiger partial charge in [-0.2, -0.15) is 0 Å². The van der Waals surface area contributed by atoms with Gasteiger partial charge in [0.05, 0.1) is 53.2 Å². The molecule has 2 amide bonds. The molecule has 39 heavy (non-hydrogen) atoms. The van der Waals surface area contributed by atoms with Crippen molar-refractivity contribution in [3.63, 3.8) is 0 Å². The molecule has 1 N–H and O–H groups in total. The standard InChI is InChI=1S/C30H34N2O7/c1-35-22-12-10-19(11-13-22)28-23(30(34)31-18-20-8-6-7-9-24(20)36-2)14-15-27(33)32(28)21-16-25(37-3)29(39-5)26(17-21)38-4/h6-13,16-17,23,28H,14-15,18H2,1-5H3,(H,31,34)/t23-,28+/m1/s1. The van der Waals surface area contributed by atoms with Crippen molar-refractivity contribution in [1.82, 2.24) is 5.32 Å². The monoisotopic (exact) mass is 534 g/mol. The third-order valence-electron chi connectivity index (χ3n) is 6.96. The fraction of sp³-hybridized carbons (Fsp3) is 0.333. The normalized spacial score (nSPS) is 16.8. The molecule has 206 valence electrons. The number of hydrogen-bond donors (Lipinski definition) is 1. The third kappa shape index (κ3) is 5.72. The highest BCUT2D eigenvalue weighted by Gasteiger charge is 2.42. The van der Waals surface area contributed by atoms with E-state index in [1.165, 1.54) is 21.3 Å². The molecule has 0 aromatic heterocycles. The molecule has 0 aliphatic carbocycles. The van der Waals surface area contributed by atoms with E-state index in [2.05, 4.69) is 5.32 Å². The number of ether oxygens (including phenoxy) is 5. The summed E-state index contributed by atoms with van der Waals surface area (Å²) in [5.41, 5.74) is 2.20. The van der Waals surface area contributed by atoms with Crippen LogP contribution >= 0.6 is 0 Å². The molecule has 1 fully saturated rings. The molecule has 0 unspecified atom stereocenters. The van der Waals surface area contributed by atoms with Crippen molar-refractivity contribution < 1.29 is 33.3 Å². The first-order valence-corrected chi connectivity index (χ1v) is 12.6. The van der Waals surface area contributed by atoms with Gasteiger partial charge in [0, 0.05) is 30.7 Å². The summed E-state index contributed by atoms with van der Waals surface area (Å²) in [7, 11) is 7.76. The Morgan fingerprint density at radius 2 is 1.49 bits per heavy atom. The van der Waals surface area contributed by atoms with Crippen LogP contribution in [0, 0.1) is 5.92 Å². The molecule has 0 spiro atoms. The van der Waals surface area contributed by atoms with Crippen molar-refractivity contribution in [2.24, 2.45) is 5.92 Å². The molecule has 4 rings (SSSR count). The maximum absolute atomic E-state index is 13.7. The molecule has 1 aliphatic rings. The van der Waals surface area contributed by atoms with Crippen LogP contribution in [0.5, 0.6) is 28.7 Å². The second-order valence-electron chi connectivity index (χ2n) is 9.04. The minimum absolute atomic E-state index is 0.112. The molecule has 0 radical (unpaired) electrons. The quantitative estimate of drug-likeness (QED) is 0.408. The summed E-state index contributed by atoms with van der Waals surface area (Å²) in [5.74, 6) is 1.82. The van der Waals surface area contributed by atoms with Crippen LogP contribution in [0.1, 0.15) is 30.0 Å². The largest absolute Gasteiger partial charge is 0.497 e. The van der Waals surface area contributed by atoms with E-state index in [0.29, 0.717) is 47.4 Å². The van der Waals surface area contributed by atoms with E-state index in [4.69, 9.17) is 23.7 Å². The van der Waals surface area contributed by atoms with Crippen molar-refractivity contribution in [3.05, 3.63) is 71.8 Å². The Morgan fingerprint density at radius 3 is 2.08 bits per heavy atom. The molecule has 3 aromatic carbocycles. The van der Waals surface area contributed by atoms with Crippen molar-refractivity contribution in [3.8, 4) is 28.7 Å². The number of carbonyl (C=O) groups excluding carboxylic acids is 2. The number of nitrogens with zero attached hydrogens (tertiary/aromatic N) is 1. The van der Waals surface area contributed by atoms with E-state index in [1.807, 2.05) is 48.5 Å². The molecule has 3 aromatic rings. The number of benzene rings is 3. The second-order valence-corrected chi connectivity index (χ2v) is 9.04. The van der Waals surface area contributed by atoms with Gasteiger partial charge in [0.25, 0.3) is 0 Å². The topological polar surface area (TPSA) is 95.6 Å². The Morgan fingerprint density at radius 1 is 0.846 bits per heavy atom. The van der Waals surface area contributed by atoms with Gasteiger partial charge in [-0.25, -0.2) is 0 Å². The van der Waals surface area contributed by atoms with Crippen LogP contribution in [0.4, 0.5) is 5.69 Å². The Bertz CT molecular complexity index is 1280. The van der Waals surface area contributed by atoms with Gasteiger partial charge in [0.2, 0.25) is 17.6 Å². The van der Waals surface area contributed by atoms with Crippen LogP contribution in [0.2, 0.25) is 0 Å². The van der Waals surface area contributed by atoms with Gasteiger partial charge in [-0.15, -0.1) is 0 Å². The fourth-order valence-corrected chi connectivity index (χ4v) is 5.02. The van der Waals surface area contributed by atoms with E-state index in [0.717, 1.165) is 11.1 Å². The zero-order valence-electron chi connectivity index (χ0n) is 22.9. The number of anilines is 1. The number of para-hydroxylation sites is 1. The average Bonchev–Trinajstić information content (AvgIpc) is 2.98. The van der Waals surface area contributed by atoms with E-state index >= 15 is 0 Å². The molecule has 9 nitrogen and oxygen atoms in total. The molecule has 2 atom stereocenters. The number of amides is 2. The first-order chi connectivity index (χ1) is 18.9. The van der Waals surface area contributed by atoms with Gasteiger partial charge < -0.3 is 33.9 Å². The van der Waals surface area contributed by atoms with Crippen LogP contribution in [0.25, 0.3) is 0 Å². The average molecular weight is 535 g/mol. The molecule has 0 saturated carbocycles. The van der Waals surface area contributed by atoms with E-state index in [1.54, 1.807) is 31.3 Å². The highest BCUT2D eigenvalue weighted by molar-refractivity contribution is 5.98. The van der Waals surface area contributed by atoms with E-state index < -0.39 is 12.0 Å². The molecular weight excluding hydrogens is 500 g/mol. The number of hydrogen-bond acceptors (Lipinski definition) is 7. The summed E-state index contributed by atoms with van der Waals surface area (Å²) in [6.45, 7) is 0.298. The lowest BCUT2D eigenvalue weighted by molar-refractivity contribution is -0.129. The Hall–Kier alpha value is -4.40. The SMILES string of the molecule is COc1ccc([C@H]2[C@H](C(=O)NCc3ccccc3OC)CCC(=O)N2c2cc(OC)c(OC)c(OC)c2)cc1. The van der Waals surface area contributed by atoms with Gasteiger partial charge in [-0.3, -0.25) is 9.59 Å². The maximum Gasteiger partial charge on any atom is 0.227 e. The zero-order valence-corrected chi connectivity index (χ0v) is 22.9. The molecule has 1 aliphatic heterocycles. The molecular formula is C30H34N2O7. The minimum Gasteiger partial charge on any atom is -0.497 e. The Balaban J connectivity index is 1.75. The summed E-state index contributed by atoms with van der Waals surface area (Å²) in [4.78, 5) is 28.9. The molecule has 9 heteroatoms. The number of rotatable bonds is 10. The minimum atomic E-state index is -0.586. The molecule has 1 saturated heterocycles. The summed E-state index contributed by atoms with van der Waals surface area (Å²) in [6.07, 6.45) is 0.601. The van der Waals surface area contributed by atoms with Crippen molar-refractivity contribution in [2.45, 2.75) is 25.4 Å². The lowest BCUT2D eigenvalue weighted by atomic mass is 9.83. The lowest BCUT2D eigenvalue weighted by Gasteiger charge is -2.41. The Kier molecular flexibility index (Phi) is 8.81. The number of nitrogens with one attached hydrogen (secondary N) is 1. The van der Waals surface area contributed by atoms with Crippen molar-refractivity contribution >= 4 is 17.5 Å². The van der Waals surface area contributed by atoms with Crippen molar-refractivity contribution in [1.29, 1.82) is 0 Å². The van der Waals surface area contributed by atoms with Crippen LogP contribution in [-0.2, 0) is 16.1 Å². The van der Waals surface area contributed by atoms with Gasteiger partial charge in [0.15, 0.2) is 11.5 Å². The molecule has 0 bridgehead atoms. The fourth-order valence-electron chi connectivity index (χ4n) is 5.02. The number of methoxy groups -OCH3 is 5. The summed E-state index contributed by atoms with van der Waals surface area (Å²) >= 11 is 0. The van der Waals surface area contributed by atoms with Crippen LogP contribution in [-0.4, -0.2) is 47.4 Å². The third-order valence-corrected chi connectivity index (χ3v) is 6.96. The first kappa shape index (κ1) is 27.6. The van der Waals surface area contributed by atoms with Gasteiger partial charge in [-0.05, 0) is 30.2 Å². The first-order valence-electron chi connectivity index (χ1n) is 12.6. The summed E-state index contributed by atoms with van der Waals surface area (Å²) in [6, 6.07) is 17.8. The number of piperidine rings is 1. The Labute approximate surface area is 228 Å². The van der Waals surface area contributed by atoms with Crippen LogP contribution in [0.3, 0.4) is 0 Å². The predicted octanol–water partition coefficient (Wildman–Crippen LogP) is 4.53. The molecule has 1 heterocycles. The highest BCUT2D eigenvalue weighted by atomic mass is 16.5. The van der Waals surface area contributed by atoms with Gasteiger partial charge in [-0.1, -0.05) is 30.3 Å². The lowest BCUT2D eigenvalue weighted by Crippen LogP contribution is -2.48. The predicted molar refractivity (Wildman–Crippen MR) is 147 cm³/mol. The van der Waals surface area contributed by atoms with Crippen LogP contribution in [0.15, 0.2) is 60.7 Å². The van der Waals surface area contributed by atoms with E-state index in [-0.39, 0.29) is 18.2 Å².